The van der Waals surface area contributed by atoms with Crippen LogP contribution in [0.1, 0.15) is 36.1 Å². The number of rotatable bonds is 1. The molecule has 1 heterocycles. The number of cyclic esters (lactones) is 1. The van der Waals surface area contributed by atoms with Crippen LogP contribution in [0.3, 0.4) is 0 Å². The van der Waals surface area contributed by atoms with Crippen molar-refractivity contribution in [3.8, 4) is 0 Å². The van der Waals surface area contributed by atoms with Gasteiger partial charge in [0.05, 0.1) is 17.2 Å². The fourth-order valence-electron chi connectivity index (χ4n) is 2.20. The zero-order valence-corrected chi connectivity index (χ0v) is 11.2. The summed E-state index contributed by atoms with van der Waals surface area (Å²) >= 11 is 0. The molecule has 122 valence electrons. The quantitative estimate of drug-likeness (QED) is 0.782. The van der Waals surface area contributed by atoms with Crippen molar-refractivity contribution in [2.45, 2.75) is 37.8 Å². The Morgan fingerprint density at radius 3 is 1.95 bits per heavy atom. The van der Waals surface area contributed by atoms with Crippen molar-refractivity contribution >= 4 is 6.09 Å². The smallest absolute Gasteiger partial charge is 0.416 e. The molecule has 0 bridgehead atoms. The maximum Gasteiger partial charge on any atom is 0.416 e. The summed E-state index contributed by atoms with van der Waals surface area (Å²) in [5.41, 5.74) is -3.08. The highest BCUT2D eigenvalue weighted by Gasteiger charge is 2.38. The number of benzene rings is 1. The lowest BCUT2D eigenvalue weighted by atomic mass is 9.95. The van der Waals surface area contributed by atoms with Gasteiger partial charge in [0.25, 0.3) is 0 Å². The molecule has 1 saturated heterocycles. The van der Waals surface area contributed by atoms with Crippen LogP contribution in [-0.2, 0) is 17.1 Å². The summed E-state index contributed by atoms with van der Waals surface area (Å²) in [6.07, 6.45) is -11.3. The fraction of sp³-hybridized carbons (Fsp3) is 0.462. The van der Waals surface area contributed by atoms with E-state index in [0.29, 0.717) is 12.1 Å². The van der Waals surface area contributed by atoms with Crippen LogP contribution in [-0.4, -0.2) is 12.2 Å². The first-order valence-electron chi connectivity index (χ1n) is 6.23. The highest BCUT2D eigenvalue weighted by atomic mass is 19.4. The zero-order valence-electron chi connectivity index (χ0n) is 11.2. The third-order valence-electron chi connectivity index (χ3n) is 3.18. The molecule has 0 saturated carbocycles. The van der Waals surface area contributed by atoms with E-state index in [-0.39, 0.29) is 18.1 Å². The molecule has 1 amide bonds. The van der Waals surface area contributed by atoms with Gasteiger partial charge in [0.15, 0.2) is 0 Å². The van der Waals surface area contributed by atoms with Gasteiger partial charge in [-0.1, -0.05) is 0 Å². The number of hydrogen-bond donors (Lipinski definition) is 1. The molecule has 1 aliphatic rings. The molecule has 0 radical (unpaired) electrons. The van der Waals surface area contributed by atoms with E-state index in [2.05, 4.69) is 5.32 Å². The Hall–Kier alpha value is -1.93. The Balaban J connectivity index is 2.48. The Kier molecular flexibility index (Phi) is 4.01. The molecule has 0 spiro atoms. The summed E-state index contributed by atoms with van der Waals surface area (Å²) in [5.74, 6) is 0. The fourth-order valence-corrected chi connectivity index (χ4v) is 2.20. The van der Waals surface area contributed by atoms with Crippen molar-refractivity contribution in [3.63, 3.8) is 0 Å². The minimum atomic E-state index is -4.92. The van der Waals surface area contributed by atoms with Gasteiger partial charge < -0.3 is 10.1 Å². The lowest BCUT2D eigenvalue weighted by Gasteiger charge is -2.29. The normalized spacial score (nSPS) is 23.0. The summed E-state index contributed by atoms with van der Waals surface area (Å²) < 4.78 is 81.4. The van der Waals surface area contributed by atoms with Crippen LogP contribution in [0.4, 0.5) is 31.1 Å². The first-order valence-corrected chi connectivity index (χ1v) is 6.23. The van der Waals surface area contributed by atoms with Gasteiger partial charge >= 0.3 is 18.4 Å². The zero-order chi connectivity index (χ0) is 16.7. The molecule has 1 aromatic carbocycles. The number of amides is 1. The number of carbonyl (C=O) groups is 1. The number of hydrogen-bond acceptors (Lipinski definition) is 2. The lowest BCUT2D eigenvalue weighted by molar-refractivity contribution is -0.143. The predicted octanol–water partition coefficient (Wildman–Crippen LogP) is 4.28. The van der Waals surface area contributed by atoms with Crippen molar-refractivity contribution in [3.05, 3.63) is 34.9 Å². The van der Waals surface area contributed by atoms with Gasteiger partial charge in [-0.15, -0.1) is 0 Å². The minimum absolute atomic E-state index is 0.0497. The average Bonchev–Trinajstić information content (AvgIpc) is 2.35. The Morgan fingerprint density at radius 2 is 1.55 bits per heavy atom. The van der Waals surface area contributed by atoms with Crippen molar-refractivity contribution in [1.82, 2.24) is 5.32 Å². The molecule has 1 fully saturated rings. The first kappa shape index (κ1) is 16.4. The van der Waals surface area contributed by atoms with Crippen LogP contribution in [0.25, 0.3) is 0 Å². The second-order valence-corrected chi connectivity index (χ2v) is 4.99. The molecule has 22 heavy (non-hydrogen) atoms. The molecule has 3 nitrogen and oxygen atoms in total. The molecule has 1 aliphatic heterocycles. The minimum Gasteiger partial charge on any atom is -0.446 e. The Bertz CT molecular complexity index is 549. The van der Waals surface area contributed by atoms with Crippen molar-refractivity contribution in [2.75, 3.05) is 0 Å². The van der Waals surface area contributed by atoms with Gasteiger partial charge in [-0.2, -0.15) is 26.3 Å². The van der Waals surface area contributed by atoms with E-state index in [4.69, 9.17) is 4.74 Å². The molecule has 1 aromatic rings. The molecule has 0 aromatic heterocycles. The maximum absolute atomic E-state index is 12.8. The van der Waals surface area contributed by atoms with Crippen molar-refractivity contribution in [2.24, 2.45) is 0 Å². The highest BCUT2D eigenvalue weighted by Crippen LogP contribution is 2.38. The predicted molar refractivity (Wildman–Crippen MR) is 62.9 cm³/mol. The van der Waals surface area contributed by atoms with Crippen molar-refractivity contribution in [1.29, 1.82) is 0 Å². The van der Waals surface area contributed by atoms with Gasteiger partial charge in [-0.25, -0.2) is 4.79 Å². The summed E-state index contributed by atoms with van der Waals surface area (Å²) in [7, 11) is 0. The maximum atomic E-state index is 12.8. The summed E-state index contributed by atoms with van der Waals surface area (Å²) in [4.78, 5) is 11.2. The third-order valence-corrected chi connectivity index (χ3v) is 3.18. The number of ether oxygens (including phenoxy) is 1. The molecule has 9 heteroatoms. The first-order chi connectivity index (χ1) is 9.96. The van der Waals surface area contributed by atoms with Gasteiger partial charge in [0.1, 0.15) is 6.10 Å². The summed E-state index contributed by atoms with van der Waals surface area (Å²) in [6.45, 7) is 1.50. The largest absolute Gasteiger partial charge is 0.446 e. The second-order valence-electron chi connectivity index (χ2n) is 4.99. The number of alkyl carbamates (subject to hydrolysis) is 1. The molecular weight excluding hydrogens is 316 g/mol. The van der Waals surface area contributed by atoms with Gasteiger partial charge in [0, 0.05) is 6.42 Å². The monoisotopic (exact) mass is 327 g/mol. The summed E-state index contributed by atoms with van der Waals surface area (Å²) in [6, 6.07) is 0.296. The molecule has 2 rings (SSSR count). The number of nitrogens with one attached hydrogen (secondary N) is 1. The van der Waals surface area contributed by atoms with E-state index >= 15 is 0 Å². The lowest BCUT2D eigenvalue weighted by Crippen LogP contribution is -2.39. The van der Waals surface area contributed by atoms with Crippen molar-refractivity contribution < 1.29 is 35.9 Å². The van der Waals surface area contributed by atoms with Gasteiger partial charge in [-0.05, 0) is 30.7 Å². The Labute approximate surface area is 121 Å². The average molecular weight is 327 g/mol. The standard InChI is InChI=1S/C13H11F6NO2/c1-6-2-10(20-11(21)22-6)7-3-8(12(14,15)16)5-9(4-7)13(17,18)19/h3-6,10H,2H2,1H3,(H,20,21). The molecule has 2 atom stereocenters. The summed E-state index contributed by atoms with van der Waals surface area (Å²) in [5, 5.41) is 2.22. The number of alkyl halides is 6. The SMILES string of the molecule is CC1CC(c2cc(C(F)(F)F)cc(C(F)(F)F)c2)NC(=O)O1. The van der Waals surface area contributed by atoms with E-state index in [0.717, 1.165) is 0 Å². The van der Waals surface area contributed by atoms with Crippen LogP contribution in [0, 0.1) is 0 Å². The van der Waals surface area contributed by atoms with E-state index in [1.54, 1.807) is 0 Å². The van der Waals surface area contributed by atoms with Gasteiger partial charge in [0.2, 0.25) is 0 Å². The molecular formula is C13H11F6NO2. The van der Waals surface area contributed by atoms with Gasteiger partial charge in [-0.3, -0.25) is 0 Å². The topological polar surface area (TPSA) is 38.3 Å². The molecule has 2 unspecified atom stereocenters. The number of carbonyl (C=O) groups excluding carboxylic acids is 1. The Morgan fingerprint density at radius 1 is 1.05 bits per heavy atom. The van der Waals surface area contributed by atoms with E-state index < -0.39 is 41.7 Å². The second kappa shape index (κ2) is 5.36. The van der Waals surface area contributed by atoms with Crippen LogP contribution in [0.15, 0.2) is 18.2 Å². The third kappa shape index (κ3) is 3.63. The van der Waals surface area contributed by atoms with Crippen LogP contribution >= 0.6 is 0 Å². The highest BCUT2D eigenvalue weighted by molar-refractivity contribution is 5.69. The molecule has 0 aliphatic carbocycles. The van der Waals surface area contributed by atoms with Crippen LogP contribution < -0.4 is 5.32 Å². The number of halogens is 6. The van der Waals surface area contributed by atoms with E-state index in [1.165, 1.54) is 6.92 Å². The van der Waals surface area contributed by atoms with E-state index in [1.807, 2.05) is 0 Å². The molecule has 1 N–H and O–H groups in total. The van der Waals surface area contributed by atoms with Crippen LogP contribution in [0.2, 0.25) is 0 Å². The van der Waals surface area contributed by atoms with E-state index in [9.17, 15) is 31.1 Å². The van der Waals surface area contributed by atoms with Crippen LogP contribution in [0.5, 0.6) is 0 Å².